The molecule has 0 aromatic heterocycles. The van der Waals surface area contributed by atoms with Crippen LogP contribution in [0.4, 0.5) is 0 Å². The third-order valence-electron chi connectivity index (χ3n) is 2.19. The van der Waals surface area contributed by atoms with E-state index in [0.717, 1.165) is 26.3 Å². The molecule has 0 unspecified atom stereocenters. The Hall–Kier alpha value is -0.570. The summed E-state index contributed by atoms with van der Waals surface area (Å²) in [6.07, 6.45) is 0. The van der Waals surface area contributed by atoms with Crippen LogP contribution in [-0.2, 0) is 4.74 Å². The van der Waals surface area contributed by atoms with Crippen LogP contribution in [0.2, 0.25) is 0 Å². The SMILES string of the molecule is CC1(C)N=C1N1CCOCC1. The molecule has 0 bridgehead atoms. The molecule has 0 aromatic rings. The van der Waals surface area contributed by atoms with E-state index in [2.05, 4.69) is 23.7 Å². The molecule has 3 heteroatoms. The fourth-order valence-corrected chi connectivity index (χ4v) is 1.47. The number of rotatable bonds is 0. The first-order valence-corrected chi connectivity index (χ1v) is 4.13. The topological polar surface area (TPSA) is 24.8 Å². The number of hydrogen-bond donors (Lipinski definition) is 0. The molecule has 62 valence electrons. The lowest BCUT2D eigenvalue weighted by atomic mass is 10.2. The molecular weight excluding hydrogens is 140 g/mol. The molecule has 3 nitrogen and oxygen atoms in total. The molecule has 11 heavy (non-hydrogen) atoms. The molecule has 1 fully saturated rings. The Morgan fingerprint density at radius 3 is 2.36 bits per heavy atom. The van der Waals surface area contributed by atoms with E-state index in [9.17, 15) is 0 Å². The summed E-state index contributed by atoms with van der Waals surface area (Å²) in [4.78, 5) is 6.72. The van der Waals surface area contributed by atoms with Gasteiger partial charge in [-0.15, -0.1) is 0 Å². The molecule has 0 radical (unpaired) electrons. The summed E-state index contributed by atoms with van der Waals surface area (Å²) < 4.78 is 5.25. The number of nitrogens with zero attached hydrogens (tertiary/aromatic N) is 2. The molecular formula is C8H14N2O. The van der Waals surface area contributed by atoms with Gasteiger partial charge in [0.15, 0.2) is 0 Å². The van der Waals surface area contributed by atoms with Crippen molar-refractivity contribution in [2.24, 2.45) is 4.99 Å². The minimum atomic E-state index is 0.136. The summed E-state index contributed by atoms with van der Waals surface area (Å²) in [5.41, 5.74) is 0.136. The maximum absolute atomic E-state index is 5.25. The highest BCUT2D eigenvalue weighted by Gasteiger charge is 2.41. The van der Waals surface area contributed by atoms with E-state index in [-0.39, 0.29) is 5.54 Å². The third-order valence-corrected chi connectivity index (χ3v) is 2.19. The number of morpholine rings is 1. The Morgan fingerprint density at radius 1 is 1.36 bits per heavy atom. The summed E-state index contributed by atoms with van der Waals surface area (Å²) >= 11 is 0. The highest BCUT2D eigenvalue weighted by Crippen LogP contribution is 2.29. The van der Waals surface area contributed by atoms with Gasteiger partial charge >= 0.3 is 0 Å². The normalized spacial score (nSPS) is 28.2. The molecule has 0 aliphatic carbocycles. The highest BCUT2D eigenvalue weighted by molar-refractivity contribution is 6.02. The number of ether oxygens (including phenoxy) is 1. The fraction of sp³-hybridized carbons (Fsp3) is 0.875. The van der Waals surface area contributed by atoms with Crippen molar-refractivity contribution in [3.63, 3.8) is 0 Å². The van der Waals surface area contributed by atoms with Crippen LogP contribution in [0.15, 0.2) is 4.99 Å². The molecule has 2 heterocycles. The van der Waals surface area contributed by atoms with Gasteiger partial charge in [-0.3, -0.25) is 4.99 Å². The van der Waals surface area contributed by atoms with Gasteiger partial charge in [0.25, 0.3) is 0 Å². The zero-order valence-corrected chi connectivity index (χ0v) is 7.13. The Balaban J connectivity index is 1.91. The molecule has 0 atom stereocenters. The van der Waals surface area contributed by atoms with Crippen molar-refractivity contribution in [2.45, 2.75) is 19.4 Å². The maximum atomic E-state index is 5.25. The van der Waals surface area contributed by atoms with E-state index < -0.39 is 0 Å². The molecule has 0 N–H and O–H groups in total. The van der Waals surface area contributed by atoms with Crippen LogP contribution in [0.1, 0.15) is 13.8 Å². The second-order valence-corrected chi connectivity index (χ2v) is 3.59. The van der Waals surface area contributed by atoms with Crippen LogP contribution in [0.3, 0.4) is 0 Å². The minimum Gasteiger partial charge on any atom is -0.378 e. The first-order chi connectivity index (χ1) is 5.20. The predicted octanol–water partition coefficient (Wildman–Crippen LogP) is 0.509. The van der Waals surface area contributed by atoms with Crippen molar-refractivity contribution in [3.8, 4) is 0 Å². The van der Waals surface area contributed by atoms with Gasteiger partial charge in [0.05, 0.1) is 13.2 Å². The molecule has 2 aliphatic heterocycles. The van der Waals surface area contributed by atoms with Gasteiger partial charge in [-0.25, -0.2) is 0 Å². The van der Waals surface area contributed by atoms with E-state index in [1.165, 1.54) is 5.84 Å². The Bertz CT molecular complexity index is 192. The van der Waals surface area contributed by atoms with E-state index in [4.69, 9.17) is 4.74 Å². The number of amidine groups is 1. The molecule has 1 saturated heterocycles. The van der Waals surface area contributed by atoms with Crippen molar-refractivity contribution in [1.29, 1.82) is 0 Å². The minimum absolute atomic E-state index is 0.136. The summed E-state index contributed by atoms with van der Waals surface area (Å²) in [7, 11) is 0. The van der Waals surface area contributed by atoms with Gasteiger partial charge in [0.2, 0.25) is 0 Å². The lowest BCUT2D eigenvalue weighted by molar-refractivity contribution is 0.0684. The molecule has 0 aromatic carbocycles. The largest absolute Gasteiger partial charge is 0.378 e. The second kappa shape index (κ2) is 2.21. The second-order valence-electron chi connectivity index (χ2n) is 3.59. The van der Waals surface area contributed by atoms with Gasteiger partial charge < -0.3 is 9.64 Å². The van der Waals surface area contributed by atoms with Crippen molar-refractivity contribution < 1.29 is 4.74 Å². The van der Waals surface area contributed by atoms with Crippen LogP contribution >= 0.6 is 0 Å². The van der Waals surface area contributed by atoms with Crippen LogP contribution in [-0.4, -0.2) is 42.6 Å². The van der Waals surface area contributed by atoms with Crippen LogP contribution in [0.5, 0.6) is 0 Å². The van der Waals surface area contributed by atoms with Crippen LogP contribution in [0, 0.1) is 0 Å². The highest BCUT2D eigenvalue weighted by atomic mass is 16.5. The van der Waals surface area contributed by atoms with E-state index in [1.54, 1.807) is 0 Å². The average molecular weight is 154 g/mol. The molecule has 0 amide bonds. The first kappa shape index (κ1) is 7.10. The lowest BCUT2D eigenvalue weighted by Crippen LogP contribution is -2.40. The molecule has 0 saturated carbocycles. The smallest absolute Gasteiger partial charge is 0.128 e. The molecule has 0 spiro atoms. The molecule has 2 rings (SSSR count). The summed E-state index contributed by atoms with van der Waals surface area (Å²) in [6, 6.07) is 0. The van der Waals surface area contributed by atoms with E-state index in [0.29, 0.717) is 0 Å². The van der Waals surface area contributed by atoms with Gasteiger partial charge in [0.1, 0.15) is 11.4 Å². The van der Waals surface area contributed by atoms with E-state index >= 15 is 0 Å². The first-order valence-electron chi connectivity index (χ1n) is 4.13. The Kier molecular flexibility index (Phi) is 1.42. The van der Waals surface area contributed by atoms with Crippen molar-refractivity contribution >= 4 is 5.84 Å². The van der Waals surface area contributed by atoms with Crippen molar-refractivity contribution in [3.05, 3.63) is 0 Å². The lowest BCUT2D eigenvalue weighted by Gasteiger charge is -2.26. The third kappa shape index (κ3) is 1.25. The van der Waals surface area contributed by atoms with Gasteiger partial charge in [-0.05, 0) is 13.8 Å². The monoisotopic (exact) mass is 154 g/mol. The van der Waals surface area contributed by atoms with Crippen molar-refractivity contribution in [1.82, 2.24) is 4.90 Å². The van der Waals surface area contributed by atoms with E-state index in [1.807, 2.05) is 0 Å². The number of hydrogen-bond acceptors (Lipinski definition) is 3. The van der Waals surface area contributed by atoms with Gasteiger partial charge in [-0.2, -0.15) is 0 Å². The standard InChI is InChI=1S/C8H14N2O/c1-8(2)7(9-8)10-3-5-11-6-4-10/h3-6H2,1-2H3. The summed E-state index contributed by atoms with van der Waals surface area (Å²) in [5, 5.41) is 0. The van der Waals surface area contributed by atoms with Crippen molar-refractivity contribution in [2.75, 3.05) is 26.3 Å². The Morgan fingerprint density at radius 2 is 1.91 bits per heavy atom. The summed E-state index contributed by atoms with van der Waals surface area (Å²) in [5.74, 6) is 1.26. The zero-order chi connectivity index (χ0) is 7.90. The summed E-state index contributed by atoms with van der Waals surface area (Å²) in [6.45, 7) is 8.05. The van der Waals surface area contributed by atoms with Crippen LogP contribution < -0.4 is 0 Å². The molecule has 2 aliphatic rings. The number of aliphatic imine (C=N–C) groups is 1. The quantitative estimate of drug-likeness (QED) is 0.508. The average Bonchev–Trinajstić information content (AvgIpc) is 2.62. The predicted molar refractivity (Wildman–Crippen MR) is 43.9 cm³/mol. The van der Waals surface area contributed by atoms with Gasteiger partial charge in [-0.1, -0.05) is 0 Å². The Labute approximate surface area is 67.1 Å². The maximum Gasteiger partial charge on any atom is 0.128 e. The zero-order valence-electron chi connectivity index (χ0n) is 7.13. The van der Waals surface area contributed by atoms with Gasteiger partial charge in [0, 0.05) is 13.1 Å². The van der Waals surface area contributed by atoms with Crippen LogP contribution in [0.25, 0.3) is 0 Å². The fourth-order valence-electron chi connectivity index (χ4n) is 1.47.